The number of rotatable bonds is 6. The van der Waals surface area contributed by atoms with Gasteiger partial charge in [-0.15, -0.1) is 18.3 Å². The molecular weight excluding hydrogens is 578 g/mol. The number of pyridine rings is 1. The summed E-state index contributed by atoms with van der Waals surface area (Å²) in [6.07, 6.45) is -8.05. The van der Waals surface area contributed by atoms with Gasteiger partial charge in [0.15, 0.2) is 0 Å². The topological polar surface area (TPSA) is 144 Å². The standard InChI is InChI=1S/C22H21F3N8O2.C2HF3O2/c1-14-28-20(21-29-19(31-35-21)16-2-4-17(5-3-16)34-22(23,24)25)30-33(14)13-15-6-7-27-18(12-15)32-10-8-26-9-11-32;3-2(4,5)1(6)7/h2-7,12,26H,8-11,13H2,1H3;(H,6,7). The molecule has 3 aromatic heterocycles. The van der Waals surface area contributed by atoms with Crippen LogP contribution in [0.4, 0.5) is 32.2 Å². The van der Waals surface area contributed by atoms with Crippen molar-refractivity contribution in [3.63, 3.8) is 0 Å². The number of benzene rings is 1. The molecule has 224 valence electrons. The molecule has 1 aliphatic heterocycles. The Morgan fingerprint density at radius 1 is 1.05 bits per heavy atom. The number of alkyl halides is 6. The van der Waals surface area contributed by atoms with Crippen LogP contribution in [0.25, 0.3) is 23.1 Å². The second kappa shape index (κ2) is 12.4. The van der Waals surface area contributed by atoms with Crippen LogP contribution in [0.3, 0.4) is 0 Å². The molecule has 4 heterocycles. The van der Waals surface area contributed by atoms with Crippen molar-refractivity contribution in [1.29, 1.82) is 0 Å². The van der Waals surface area contributed by atoms with Gasteiger partial charge in [-0.25, -0.2) is 19.4 Å². The van der Waals surface area contributed by atoms with Crippen LogP contribution in [-0.4, -0.2) is 79.7 Å². The minimum absolute atomic E-state index is 0.105. The molecule has 0 bridgehead atoms. The third kappa shape index (κ3) is 8.15. The lowest BCUT2D eigenvalue weighted by molar-refractivity contribution is -0.274. The molecule has 1 saturated heterocycles. The molecule has 1 fully saturated rings. The SMILES string of the molecule is Cc1nc(-c2nc(-c3ccc(OC(F)(F)F)cc3)no2)nn1Cc1ccnc(N2CCNCC2)c1.O=C(O)C(F)(F)F. The van der Waals surface area contributed by atoms with E-state index in [1.165, 1.54) is 24.3 Å². The van der Waals surface area contributed by atoms with E-state index in [1.807, 2.05) is 19.1 Å². The van der Waals surface area contributed by atoms with Gasteiger partial charge >= 0.3 is 18.5 Å². The number of carboxylic acids is 1. The molecule has 0 unspecified atom stereocenters. The van der Waals surface area contributed by atoms with Crippen LogP contribution < -0.4 is 15.0 Å². The van der Waals surface area contributed by atoms with Crippen molar-refractivity contribution in [2.45, 2.75) is 26.0 Å². The molecule has 0 spiro atoms. The Labute approximate surface area is 232 Å². The van der Waals surface area contributed by atoms with E-state index in [0.717, 1.165) is 37.6 Å². The number of aromatic nitrogens is 6. The third-order valence-electron chi connectivity index (χ3n) is 5.65. The van der Waals surface area contributed by atoms with E-state index in [0.29, 0.717) is 17.9 Å². The number of piperazine rings is 1. The van der Waals surface area contributed by atoms with Crippen molar-refractivity contribution in [3.05, 3.63) is 54.0 Å². The molecule has 0 saturated carbocycles. The fourth-order valence-corrected chi connectivity index (χ4v) is 3.70. The van der Waals surface area contributed by atoms with Crippen molar-refractivity contribution in [2.75, 3.05) is 31.1 Å². The number of aryl methyl sites for hydroxylation is 1. The average molecular weight is 600 g/mol. The first-order valence-electron chi connectivity index (χ1n) is 12.1. The molecular formula is C24H22F6N8O4. The highest BCUT2D eigenvalue weighted by Gasteiger charge is 2.38. The Hall–Kier alpha value is -4.74. The van der Waals surface area contributed by atoms with Crippen molar-refractivity contribution in [3.8, 4) is 28.9 Å². The maximum Gasteiger partial charge on any atom is 0.573 e. The van der Waals surface area contributed by atoms with Crippen LogP contribution in [0.15, 0.2) is 47.1 Å². The first kappa shape index (κ1) is 30.2. The van der Waals surface area contributed by atoms with Crippen molar-refractivity contribution in [1.82, 2.24) is 35.2 Å². The van der Waals surface area contributed by atoms with Crippen LogP contribution in [-0.2, 0) is 11.3 Å². The fourth-order valence-electron chi connectivity index (χ4n) is 3.70. The van der Waals surface area contributed by atoms with E-state index in [-0.39, 0.29) is 23.3 Å². The zero-order valence-corrected chi connectivity index (χ0v) is 21.6. The Balaban J connectivity index is 0.000000517. The Bertz CT molecular complexity index is 1500. The number of anilines is 1. The van der Waals surface area contributed by atoms with Crippen LogP contribution >= 0.6 is 0 Å². The lowest BCUT2D eigenvalue weighted by Crippen LogP contribution is -2.43. The summed E-state index contributed by atoms with van der Waals surface area (Å²) in [5, 5.41) is 18.8. The highest BCUT2D eigenvalue weighted by molar-refractivity contribution is 5.73. The summed E-state index contributed by atoms with van der Waals surface area (Å²) < 4.78 is 79.7. The van der Waals surface area contributed by atoms with Crippen LogP contribution in [0, 0.1) is 6.92 Å². The van der Waals surface area contributed by atoms with Crippen LogP contribution in [0.5, 0.6) is 5.75 Å². The van der Waals surface area contributed by atoms with E-state index < -0.39 is 18.5 Å². The third-order valence-corrected chi connectivity index (χ3v) is 5.65. The van der Waals surface area contributed by atoms with Gasteiger partial charge in [0.05, 0.1) is 6.54 Å². The van der Waals surface area contributed by atoms with Gasteiger partial charge in [-0.05, 0) is 48.9 Å². The van der Waals surface area contributed by atoms with E-state index in [9.17, 15) is 26.3 Å². The fraction of sp³-hybridized carbons (Fsp3) is 0.333. The van der Waals surface area contributed by atoms with Gasteiger partial charge in [0.1, 0.15) is 17.4 Å². The molecule has 42 heavy (non-hydrogen) atoms. The number of carbonyl (C=O) groups is 1. The summed E-state index contributed by atoms with van der Waals surface area (Å²) in [5.41, 5.74) is 1.49. The smallest absolute Gasteiger partial charge is 0.475 e. The molecule has 0 amide bonds. The summed E-state index contributed by atoms with van der Waals surface area (Å²) in [6, 6.07) is 9.16. The van der Waals surface area contributed by atoms with E-state index >= 15 is 0 Å². The highest BCUT2D eigenvalue weighted by Crippen LogP contribution is 2.26. The van der Waals surface area contributed by atoms with Crippen LogP contribution in [0.2, 0.25) is 0 Å². The number of hydrogen-bond donors (Lipinski definition) is 2. The van der Waals surface area contributed by atoms with Gasteiger partial charge in [0.25, 0.3) is 5.89 Å². The Morgan fingerprint density at radius 2 is 1.71 bits per heavy atom. The first-order valence-corrected chi connectivity index (χ1v) is 12.1. The zero-order valence-electron chi connectivity index (χ0n) is 21.6. The molecule has 12 nitrogen and oxygen atoms in total. The highest BCUT2D eigenvalue weighted by atomic mass is 19.4. The molecule has 4 aromatic rings. The van der Waals surface area contributed by atoms with E-state index in [1.54, 1.807) is 10.9 Å². The Morgan fingerprint density at radius 3 is 2.33 bits per heavy atom. The number of nitrogens with zero attached hydrogens (tertiary/aromatic N) is 7. The molecule has 0 atom stereocenters. The lowest BCUT2D eigenvalue weighted by atomic mass is 10.2. The predicted octanol–water partition coefficient (Wildman–Crippen LogP) is 3.69. The van der Waals surface area contributed by atoms with Crippen LogP contribution in [0.1, 0.15) is 11.4 Å². The maximum atomic E-state index is 12.3. The second-order valence-corrected chi connectivity index (χ2v) is 8.70. The summed E-state index contributed by atoms with van der Waals surface area (Å²) in [4.78, 5) is 24.3. The van der Waals surface area contributed by atoms with Gasteiger partial charge in [0, 0.05) is 37.9 Å². The normalized spacial score (nSPS) is 13.8. The lowest BCUT2D eigenvalue weighted by Gasteiger charge is -2.28. The van der Waals surface area contributed by atoms with E-state index in [2.05, 4.69) is 40.2 Å². The summed E-state index contributed by atoms with van der Waals surface area (Å²) in [6.45, 7) is 5.97. The summed E-state index contributed by atoms with van der Waals surface area (Å²) in [7, 11) is 0. The minimum Gasteiger partial charge on any atom is -0.475 e. The second-order valence-electron chi connectivity index (χ2n) is 8.70. The number of carboxylic acid groups (broad SMARTS) is 1. The summed E-state index contributed by atoms with van der Waals surface area (Å²) in [5.74, 6) is -0.945. The van der Waals surface area contributed by atoms with Crippen molar-refractivity contribution in [2.24, 2.45) is 0 Å². The number of hydrogen-bond acceptors (Lipinski definition) is 10. The van der Waals surface area contributed by atoms with Crippen molar-refractivity contribution >= 4 is 11.8 Å². The number of aliphatic carboxylic acids is 1. The maximum absolute atomic E-state index is 12.3. The molecule has 18 heteroatoms. The predicted molar refractivity (Wildman–Crippen MR) is 132 cm³/mol. The molecule has 0 aliphatic carbocycles. The largest absolute Gasteiger partial charge is 0.573 e. The van der Waals surface area contributed by atoms with Crippen molar-refractivity contribution < 1.29 is 45.5 Å². The monoisotopic (exact) mass is 600 g/mol. The summed E-state index contributed by atoms with van der Waals surface area (Å²) >= 11 is 0. The Kier molecular flexibility index (Phi) is 8.93. The minimum atomic E-state index is -5.08. The van der Waals surface area contributed by atoms with Gasteiger partial charge in [-0.3, -0.25) is 0 Å². The first-order chi connectivity index (χ1) is 19.8. The van der Waals surface area contributed by atoms with E-state index in [4.69, 9.17) is 14.4 Å². The molecule has 1 aromatic carbocycles. The molecule has 0 radical (unpaired) electrons. The number of nitrogens with one attached hydrogen (secondary N) is 1. The van der Waals surface area contributed by atoms with Gasteiger partial charge in [0.2, 0.25) is 11.6 Å². The molecule has 2 N–H and O–H groups in total. The van der Waals surface area contributed by atoms with Gasteiger partial charge in [-0.2, -0.15) is 18.2 Å². The number of ether oxygens (including phenoxy) is 1. The molecule has 1 aliphatic rings. The van der Waals surface area contributed by atoms with Gasteiger partial charge in [-0.1, -0.05) is 5.16 Å². The molecule has 5 rings (SSSR count). The quantitative estimate of drug-likeness (QED) is 0.313. The zero-order chi connectivity index (χ0) is 30.5. The average Bonchev–Trinajstić information content (AvgIpc) is 3.56. The van der Waals surface area contributed by atoms with Gasteiger partial charge < -0.3 is 24.6 Å². The number of halogens is 6.